The van der Waals surface area contributed by atoms with E-state index in [4.69, 9.17) is 17.0 Å². The maximum Gasteiger partial charge on any atom is 0.133 e. The summed E-state index contributed by atoms with van der Waals surface area (Å²) in [6, 6.07) is 0. The van der Waals surface area contributed by atoms with Crippen molar-refractivity contribution in [3.8, 4) is 0 Å². The van der Waals surface area contributed by atoms with Crippen LogP contribution in [-0.2, 0) is 4.74 Å². The summed E-state index contributed by atoms with van der Waals surface area (Å²) in [7, 11) is 1.64. The van der Waals surface area contributed by atoms with Gasteiger partial charge in [-0.15, -0.1) is 0 Å². The van der Waals surface area contributed by atoms with E-state index in [1.807, 2.05) is 18.2 Å². The van der Waals surface area contributed by atoms with Crippen LogP contribution < -0.4 is 0 Å². The molecule has 0 bridgehead atoms. The van der Waals surface area contributed by atoms with Crippen molar-refractivity contribution in [2.45, 2.75) is 6.42 Å². The van der Waals surface area contributed by atoms with Crippen LogP contribution in [0, 0.1) is 0 Å². The fourth-order valence-corrected chi connectivity index (χ4v) is 0.954. The Morgan fingerprint density at radius 2 is 2.44 bits per heavy atom. The summed E-state index contributed by atoms with van der Waals surface area (Å²) >= 11 is 4.98. The van der Waals surface area contributed by atoms with Crippen LogP contribution in [0.5, 0.6) is 0 Å². The van der Waals surface area contributed by atoms with E-state index in [-0.39, 0.29) is 0 Å². The van der Waals surface area contributed by atoms with Gasteiger partial charge >= 0.3 is 0 Å². The number of thiocarbonyl (C=S) groups is 1. The molecule has 0 saturated heterocycles. The van der Waals surface area contributed by atoms with Crippen LogP contribution >= 0.6 is 12.2 Å². The normalized spacial score (nSPS) is 17.4. The molecule has 0 heterocycles. The Morgan fingerprint density at radius 1 is 1.67 bits per heavy atom. The molecule has 1 rings (SSSR count). The lowest BCUT2D eigenvalue weighted by Gasteiger charge is -2.07. The summed E-state index contributed by atoms with van der Waals surface area (Å²) in [4.78, 5) is 0.889. The van der Waals surface area contributed by atoms with Gasteiger partial charge in [-0.3, -0.25) is 0 Å². The van der Waals surface area contributed by atoms with Gasteiger partial charge in [-0.25, -0.2) is 0 Å². The monoisotopic (exact) mass is 140 g/mol. The van der Waals surface area contributed by atoms with Crippen molar-refractivity contribution in [3.63, 3.8) is 0 Å². The summed E-state index contributed by atoms with van der Waals surface area (Å²) in [5, 5.41) is 0. The number of hydrogen-bond donors (Lipinski definition) is 0. The lowest BCUT2D eigenvalue weighted by molar-refractivity contribution is 0.315. The Hall–Kier alpha value is -0.630. The van der Waals surface area contributed by atoms with E-state index in [9.17, 15) is 0 Å². The summed E-state index contributed by atoms with van der Waals surface area (Å²) in [6.07, 6.45) is 6.69. The molecule has 1 aliphatic rings. The summed E-state index contributed by atoms with van der Waals surface area (Å²) in [5.41, 5.74) is 0. The molecule has 0 N–H and O–H groups in total. The van der Waals surface area contributed by atoms with E-state index in [2.05, 4.69) is 0 Å². The molecule has 0 saturated carbocycles. The Balaban J connectivity index is 2.74. The highest BCUT2D eigenvalue weighted by Gasteiger charge is 2.03. The lowest BCUT2D eigenvalue weighted by atomic mass is 10.2. The van der Waals surface area contributed by atoms with Gasteiger partial charge in [0.05, 0.1) is 12.0 Å². The quantitative estimate of drug-likeness (QED) is 0.514. The van der Waals surface area contributed by atoms with Gasteiger partial charge in [-0.1, -0.05) is 24.4 Å². The zero-order valence-corrected chi connectivity index (χ0v) is 6.07. The summed E-state index contributed by atoms with van der Waals surface area (Å²) in [5.74, 6) is 0.826. The highest BCUT2D eigenvalue weighted by atomic mass is 32.1. The van der Waals surface area contributed by atoms with Crippen LogP contribution in [0.25, 0.3) is 0 Å². The Labute approximate surface area is 60.0 Å². The van der Waals surface area contributed by atoms with Crippen LogP contribution in [-0.4, -0.2) is 12.0 Å². The number of allylic oxidation sites excluding steroid dienone is 4. The van der Waals surface area contributed by atoms with Gasteiger partial charge in [0.2, 0.25) is 0 Å². The second kappa shape index (κ2) is 2.78. The fourth-order valence-electron chi connectivity index (χ4n) is 0.706. The zero-order chi connectivity index (χ0) is 6.69. The molecule has 48 valence electrons. The summed E-state index contributed by atoms with van der Waals surface area (Å²) in [6.45, 7) is 0. The molecule has 0 aromatic rings. The fraction of sp³-hybridized carbons (Fsp3) is 0.286. The molecular weight excluding hydrogens is 132 g/mol. The molecule has 0 radical (unpaired) electrons. The molecule has 0 unspecified atom stereocenters. The molecule has 2 heteroatoms. The van der Waals surface area contributed by atoms with Crippen molar-refractivity contribution in [1.29, 1.82) is 0 Å². The number of methoxy groups -OCH3 is 1. The maximum atomic E-state index is 4.98. The average Bonchev–Trinajstić information content (AvgIpc) is 1.89. The molecule has 0 aromatic heterocycles. The molecule has 0 spiro atoms. The second-order valence-corrected chi connectivity index (χ2v) is 2.28. The number of rotatable bonds is 1. The largest absolute Gasteiger partial charge is 0.496 e. The van der Waals surface area contributed by atoms with Crippen molar-refractivity contribution >= 4 is 17.1 Å². The van der Waals surface area contributed by atoms with Crippen molar-refractivity contribution in [3.05, 3.63) is 24.0 Å². The molecule has 1 nitrogen and oxygen atoms in total. The van der Waals surface area contributed by atoms with Crippen LogP contribution in [0.15, 0.2) is 24.0 Å². The topological polar surface area (TPSA) is 9.23 Å². The number of hydrogen-bond acceptors (Lipinski definition) is 2. The Bertz CT molecular complexity index is 179. The van der Waals surface area contributed by atoms with Gasteiger partial charge in [0.15, 0.2) is 0 Å². The average molecular weight is 140 g/mol. The van der Waals surface area contributed by atoms with Gasteiger partial charge in [-0.2, -0.15) is 0 Å². The van der Waals surface area contributed by atoms with E-state index in [1.54, 1.807) is 7.11 Å². The smallest absolute Gasteiger partial charge is 0.133 e. The van der Waals surface area contributed by atoms with E-state index in [0.29, 0.717) is 0 Å². The highest BCUT2D eigenvalue weighted by Crippen LogP contribution is 2.09. The number of ether oxygens (including phenoxy) is 1. The van der Waals surface area contributed by atoms with Gasteiger partial charge in [0, 0.05) is 6.42 Å². The van der Waals surface area contributed by atoms with Gasteiger partial charge in [0.1, 0.15) is 5.76 Å². The molecule has 9 heavy (non-hydrogen) atoms. The Morgan fingerprint density at radius 3 is 2.89 bits per heavy atom. The summed E-state index contributed by atoms with van der Waals surface area (Å²) < 4.78 is 4.97. The first-order valence-electron chi connectivity index (χ1n) is 2.78. The molecule has 0 amide bonds. The molecule has 0 aliphatic heterocycles. The third-order valence-corrected chi connectivity index (χ3v) is 1.55. The lowest BCUT2D eigenvalue weighted by Crippen LogP contribution is -2.02. The van der Waals surface area contributed by atoms with Crippen LogP contribution in [0.1, 0.15) is 6.42 Å². The minimum absolute atomic E-state index is 0.826. The van der Waals surface area contributed by atoms with Crippen LogP contribution in [0.2, 0.25) is 0 Å². The first-order chi connectivity index (χ1) is 4.34. The van der Waals surface area contributed by atoms with Gasteiger partial charge in [-0.05, 0) is 6.08 Å². The van der Waals surface area contributed by atoms with E-state index >= 15 is 0 Å². The molecule has 0 atom stereocenters. The van der Waals surface area contributed by atoms with Gasteiger partial charge < -0.3 is 4.74 Å². The van der Waals surface area contributed by atoms with Crippen molar-refractivity contribution in [1.82, 2.24) is 0 Å². The predicted octanol–water partition coefficient (Wildman–Crippen LogP) is 1.85. The van der Waals surface area contributed by atoms with E-state index in [0.717, 1.165) is 17.0 Å². The standard InChI is InChI=1S/C7H8OS/c1-8-6-4-2-3-5-7(6)9/h2-4H,5H2,1H3. The third-order valence-electron chi connectivity index (χ3n) is 1.18. The minimum atomic E-state index is 0.826. The van der Waals surface area contributed by atoms with Crippen molar-refractivity contribution < 1.29 is 4.74 Å². The SMILES string of the molecule is COC1=CC=CCC1=S. The van der Waals surface area contributed by atoms with Crippen LogP contribution in [0.3, 0.4) is 0 Å². The third kappa shape index (κ3) is 1.39. The van der Waals surface area contributed by atoms with Gasteiger partial charge in [0.25, 0.3) is 0 Å². The predicted molar refractivity (Wildman–Crippen MR) is 41.4 cm³/mol. The van der Waals surface area contributed by atoms with E-state index in [1.165, 1.54) is 0 Å². The zero-order valence-electron chi connectivity index (χ0n) is 5.26. The Kier molecular flexibility index (Phi) is 2.01. The molecule has 0 fully saturated rings. The van der Waals surface area contributed by atoms with Crippen molar-refractivity contribution in [2.24, 2.45) is 0 Å². The van der Waals surface area contributed by atoms with Crippen molar-refractivity contribution in [2.75, 3.05) is 7.11 Å². The first-order valence-corrected chi connectivity index (χ1v) is 3.19. The first kappa shape index (κ1) is 6.49. The molecule has 0 aromatic carbocycles. The maximum absolute atomic E-state index is 4.98. The molecule has 1 aliphatic carbocycles. The van der Waals surface area contributed by atoms with Crippen LogP contribution in [0.4, 0.5) is 0 Å². The second-order valence-electron chi connectivity index (χ2n) is 1.79. The minimum Gasteiger partial charge on any atom is -0.496 e. The highest BCUT2D eigenvalue weighted by molar-refractivity contribution is 7.80. The molecular formula is C7H8OS. The van der Waals surface area contributed by atoms with E-state index < -0.39 is 0 Å².